The van der Waals surface area contributed by atoms with Crippen molar-refractivity contribution in [3.05, 3.63) is 35.4 Å². The van der Waals surface area contributed by atoms with E-state index in [4.69, 9.17) is 0 Å². The molecule has 0 radical (unpaired) electrons. The van der Waals surface area contributed by atoms with Gasteiger partial charge in [0.15, 0.2) is 0 Å². The van der Waals surface area contributed by atoms with Crippen LogP contribution in [-0.2, 0) is 12.0 Å². The third kappa shape index (κ3) is 2.77. The van der Waals surface area contributed by atoms with Gasteiger partial charge >= 0.3 is 0 Å². The Kier molecular flexibility index (Phi) is 4.82. The van der Waals surface area contributed by atoms with Gasteiger partial charge in [-0.05, 0) is 24.0 Å². The van der Waals surface area contributed by atoms with Crippen LogP contribution in [0.3, 0.4) is 0 Å². The van der Waals surface area contributed by atoms with E-state index in [1.807, 2.05) is 0 Å². The van der Waals surface area contributed by atoms with Crippen LogP contribution >= 0.6 is 0 Å². The summed E-state index contributed by atoms with van der Waals surface area (Å²) in [7, 11) is 0. The van der Waals surface area contributed by atoms with Gasteiger partial charge in [0, 0.05) is 18.5 Å². The molecule has 18 heavy (non-hydrogen) atoms. The fraction of sp³-hybridized carbons (Fsp3) is 0.647. The highest BCUT2D eigenvalue weighted by molar-refractivity contribution is 5.37. The molecule has 1 aromatic rings. The number of hydrogen-bond donors (Lipinski definition) is 1. The van der Waals surface area contributed by atoms with Crippen molar-refractivity contribution >= 4 is 0 Å². The van der Waals surface area contributed by atoms with Gasteiger partial charge in [-0.3, -0.25) is 0 Å². The standard InChI is InChI=1S/C14H19N.C3H8/c1-4-8-14(9-5-1)11-15-10-12-6-2-3-7-13(12)14;1-3-2/h2-3,6-7,15H,1,4-5,8-11H2;3H2,1-2H3. The Hall–Kier alpha value is -0.820. The molecular formula is C17H27N. The van der Waals surface area contributed by atoms with Gasteiger partial charge in [0.05, 0.1) is 0 Å². The van der Waals surface area contributed by atoms with E-state index in [0.29, 0.717) is 5.41 Å². The molecule has 0 unspecified atom stereocenters. The van der Waals surface area contributed by atoms with Crippen molar-refractivity contribution in [2.45, 2.75) is 64.3 Å². The zero-order valence-electron chi connectivity index (χ0n) is 12.0. The molecule has 0 saturated heterocycles. The molecule has 1 fully saturated rings. The summed E-state index contributed by atoms with van der Waals surface area (Å²) in [5, 5.41) is 3.60. The summed E-state index contributed by atoms with van der Waals surface area (Å²) < 4.78 is 0. The lowest BCUT2D eigenvalue weighted by Gasteiger charge is -2.42. The van der Waals surface area contributed by atoms with Crippen molar-refractivity contribution in [3.63, 3.8) is 0 Å². The van der Waals surface area contributed by atoms with Gasteiger partial charge in [0.2, 0.25) is 0 Å². The van der Waals surface area contributed by atoms with E-state index in [1.54, 1.807) is 5.56 Å². The van der Waals surface area contributed by atoms with E-state index >= 15 is 0 Å². The van der Waals surface area contributed by atoms with Gasteiger partial charge < -0.3 is 5.32 Å². The molecule has 0 aromatic heterocycles. The van der Waals surface area contributed by atoms with E-state index in [1.165, 1.54) is 50.6 Å². The molecule has 1 aliphatic carbocycles. The molecule has 1 saturated carbocycles. The molecule has 1 aromatic carbocycles. The van der Waals surface area contributed by atoms with E-state index in [2.05, 4.69) is 43.4 Å². The Morgan fingerprint density at radius 3 is 2.44 bits per heavy atom. The third-order valence-electron chi connectivity index (χ3n) is 4.18. The van der Waals surface area contributed by atoms with Gasteiger partial charge in [-0.25, -0.2) is 0 Å². The average molecular weight is 245 g/mol. The molecule has 1 aliphatic heterocycles. The number of hydrogen-bond acceptors (Lipinski definition) is 1. The molecule has 1 heterocycles. The molecule has 1 heteroatoms. The lowest BCUT2D eigenvalue weighted by Crippen LogP contribution is -2.44. The van der Waals surface area contributed by atoms with Crippen LogP contribution in [0.2, 0.25) is 0 Å². The van der Waals surface area contributed by atoms with Crippen LogP contribution in [0.25, 0.3) is 0 Å². The summed E-state index contributed by atoms with van der Waals surface area (Å²) in [6.07, 6.45) is 8.28. The van der Waals surface area contributed by atoms with Crippen molar-refractivity contribution in [2.75, 3.05) is 6.54 Å². The molecule has 0 bridgehead atoms. The largest absolute Gasteiger partial charge is 0.312 e. The highest BCUT2D eigenvalue weighted by atomic mass is 14.9. The molecule has 0 amide bonds. The first-order valence-corrected chi connectivity index (χ1v) is 7.61. The quantitative estimate of drug-likeness (QED) is 0.714. The highest BCUT2D eigenvalue weighted by Gasteiger charge is 2.36. The summed E-state index contributed by atoms with van der Waals surface area (Å²) in [4.78, 5) is 0. The molecule has 3 rings (SSSR count). The predicted molar refractivity (Wildman–Crippen MR) is 78.9 cm³/mol. The summed E-state index contributed by atoms with van der Waals surface area (Å²) in [5.74, 6) is 0. The van der Waals surface area contributed by atoms with Crippen LogP contribution in [0.1, 0.15) is 63.5 Å². The lowest BCUT2D eigenvalue weighted by molar-refractivity contribution is 0.264. The Labute approximate surface area is 112 Å². The minimum absolute atomic E-state index is 0.479. The monoisotopic (exact) mass is 245 g/mol. The Bertz CT molecular complexity index is 364. The summed E-state index contributed by atoms with van der Waals surface area (Å²) in [6.45, 7) is 6.52. The van der Waals surface area contributed by atoms with Crippen molar-refractivity contribution in [3.8, 4) is 0 Å². The average Bonchev–Trinajstić information content (AvgIpc) is 2.41. The van der Waals surface area contributed by atoms with Crippen LogP contribution in [0.4, 0.5) is 0 Å². The number of fused-ring (bicyclic) bond motifs is 2. The van der Waals surface area contributed by atoms with E-state index in [-0.39, 0.29) is 0 Å². The zero-order chi connectivity index (χ0) is 12.8. The molecule has 100 valence electrons. The molecule has 1 N–H and O–H groups in total. The summed E-state index contributed by atoms with van der Waals surface area (Å²) in [6, 6.07) is 9.03. The maximum absolute atomic E-state index is 3.60. The van der Waals surface area contributed by atoms with E-state index in [0.717, 1.165) is 6.54 Å². The highest BCUT2D eigenvalue weighted by Crippen LogP contribution is 2.42. The van der Waals surface area contributed by atoms with Crippen molar-refractivity contribution in [1.82, 2.24) is 5.32 Å². The first-order valence-electron chi connectivity index (χ1n) is 7.61. The molecule has 1 spiro atoms. The van der Waals surface area contributed by atoms with Crippen LogP contribution in [-0.4, -0.2) is 6.54 Å². The van der Waals surface area contributed by atoms with Gasteiger partial charge in [-0.2, -0.15) is 0 Å². The zero-order valence-corrected chi connectivity index (χ0v) is 12.0. The number of rotatable bonds is 0. The van der Waals surface area contributed by atoms with Crippen molar-refractivity contribution < 1.29 is 0 Å². The lowest BCUT2D eigenvalue weighted by atomic mass is 9.67. The predicted octanol–water partition coefficient (Wildman–Crippen LogP) is 4.41. The van der Waals surface area contributed by atoms with Gasteiger partial charge in [0.25, 0.3) is 0 Å². The first kappa shape index (κ1) is 13.6. The van der Waals surface area contributed by atoms with Crippen LogP contribution in [0.5, 0.6) is 0 Å². The topological polar surface area (TPSA) is 12.0 Å². The maximum Gasteiger partial charge on any atom is 0.0208 e. The second-order valence-electron chi connectivity index (χ2n) is 5.81. The Morgan fingerprint density at radius 2 is 1.72 bits per heavy atom. The van der Waals surface area contributed by atoms with Crippen LogP contribution < -0.4 is 5.32 Å². The van der Waals surface area contributed by atoms with Crippen LogP contribution in [0.15, 0.2) is 24.3 Å². The van der Waals surface area contributed by atoms with Gasteiger partial charge in [-0.15, -0.1) is 0 Å². The van der Waals surface area contributed by atoms with E-state index in [9.17, 15) is 0 Å². The molecule has 2 aliphatic rings. The van der Waals surface area contributed by atoms with Gasteiger partial charge in [0.1, 0.15) is 0 Å². The molecule has 0 atom stereocenters. The summed E-state index contributed by atoms with van der Waals surface area (Å²) >= 11 is 0. The van der Waals surface area contributed by atoms with E-state index < -0.39 is 0 Å². The SMILES string of the molecule is CCC.c1ccc2c(c1)CNCC21CCCCC1. The fourth-order valence-electron chi connectivity index (χ4n) is 3.40. The second kappa shape index (κ2) is 6.38. The third-order valence-corrected chi connectivity index (χ3v) is 4.18. The van der Waals surface area contributed by atoms with Gasteiger partial charge in [-0.1, -0.05) is 63.8 Å². The number of nitrogens with one attached hydrogen (secondary N) is 1. The fourth-order valence-corrected chi connectivity index (χ4v) is 3.40. The minimum Gasteiger partial charge on any atom is -0.312 e. The maximum atomic E-state index is 3.60. The van der Waals surface area contributed by atoms with Crippen molar-refractivity contribution in [2.24, 2.45) is 0 Å². The van der Waals surface area contributed by atoms with Crippen molar-refractivity contribution in [1.29, 1.82) is 0 Å². The molecule has 1 nitrogen and oxygen atoms in total. The second-order valence-corrected chi connectivity index (χ2v) is 5.81. The minimum atomic E-state index is 0.479. The summed E-state index contributed by atoms with van der Waals surface area (Å²) in [5.41, 5.74) is 3.65. The Balaban J connectivity index is 0.000000367. The van der Waals surface area contributed by atoms with Crippen LogP contribution in [0, 0.1) is 0 Å². The number of benzene rings is 1. The normalized spacial score (nSPS) is 20.8. The first-order chi connectivity index (χ1) is 8.82. The Morgan fingerprint density at radius 1 is 1.06 bits per heavy atom. The molecular weight excluding hydrogens is 218 g/mol. The smallest absolute Gasteiger partial charge is 0.0208 e.